The first-order valence-electron chi connectivity index (χ1n) is 11.3. The molecule has 0 saturated carbocycles. The van der Waals surface area contributed by atoms with Gasteiger partial charge in [0.05, 0.1) is 0 Å². The Morgan fingerprint density at radius 1 is 1.03 bits per heavy atom. The number of aromatic nitrogens is 3. The summed E-state index contributed by atoms with van der Waals surface area (Å²) in [6.45, 7) is 1.53. The summed E-state index contributed by atoms with van der Waals surface area (Å²) in [6, 6.07) is 20.4. The molecule has 6 nitrogen and oxygen atoms in total. The van der Waals surface area contributed by atoms with Gasteiger partial charge in [-0.05, 0) is 42.5 Å². The molecule has 0 radical (unpaired) electrons. The Morgan fingerprint density at radius 2 is 1.83 bits per heavy atom. The van der Waals surface area contributed by atoms with Gasteiger partial charge in [0.15, 0.2) is 5.76 Å². The molecule has 4 aromatic rings. The lowest BCUT2D eigenvalue weighted by atomic mass is 9.99. The van der Waals surface area contributed by atoms with Crippen molar-refractivity contribution in [3.63, 3.8) is 0 Å². The SMILES string of the molecule is FC(F)(F)c1ccnc(N2CC[C@H](Cc3ccc(OCc4cc(-c5ccccc5)no4)cc3)C2)n1. The summed E-state index contributed by atoms with van der Waals surface area (Å²) in [6.07, 6.45) is -1.62. The Morgan fingerprint density at radius 3 is 2.60 bits per heavy atom. The maximum Gasteiger partial charge on any atom is 0.433 e. The second-order valence-electron chi connectivity index (χ2n) is 8.52. The summed E-state index contributed by atoms with van der Waals surface area (Å²) in [5.41, 5.74) is 1.97. The molecule has 2 aromatic carbocycles. The molecule has 5 rings (SSSR count). The predicted molar refractivity (Wildman–Crippen MR) is 124 cm³/mol. The van der Waals surface area contributed by atoms with E-state index in [1.54, 1.807) is 0 Å². The first kappa shape index (κ1) is 22.9. The quantitative estimate of drug-likeness (QED) is 0.333. The van der Waals surface area contributed by atoms with Gasteiger partial charge in [-0.15, -0.1) is 0 Å². The van der Waals surface area contributed by atoms with Crippen molar-refractivity contribution in [3.05, 3.63) is 89.9 Å². The fraction of sp³-hybridized carbons (Fsp3) is 0.269. The lowest BCUT2D eigenvalue weighted by Gasteiger charge is -2.17. The zero-order valence-electron chi connectivity index (χ0n) is 18.8. The molecule has 1 atom stereocenters. The van der Waals surface area contributed by atoms with Crippen molar-refractivity contribution in [2.45, 2.75) is 25.6 Å². The second kappa shape index (κ2) is 9.77. The van der Waals surface area contributed by atoms with Gasteiger partial charge in [0.2, 0.25) is 5.95 Å². The zero-order valence-corrected chi connectivity index (χ0v) is 18.8. The first-order chi connectivity index (χ1) is 16.9. The molecule has 3 heterocycles. The number of ether oxygens (including phenoxy) is 1. The van der Waals surface area contributed by atoms with E-state index >= 15 is 0 Å². The van der Waals surface area contributed by atoms with Crippen molar-refractivity contribution in [2.24, 2.45) is 5.92 Å². The number of hydrogen-bond donors (Lipinski definition) is 0. The molecule has 2 aromatic heterocycles. The van der Waals surface area contributed by atoms with E-state index in [-0.39, 0.29) is 12.6 Å². The van der Waals surface area contributed by atoms with Crippen LogP contribution in [0.4, 0.5) is 19.1 Å². The van der Waals surface area contributed by atoms with Gasteiger partial charge in [0, 0.05) is 30.9 Å². The van der Waals surface area contributed by atoms with Gasteiger partial charge in [-0.2, -0.15) is 13.2 Å². The standard InChI is InChI=1S/C26H23F3N4O2/c27-26(28,29)24-10-12-30-25(31-24)33-13-11-19(16-33)14-18-6-8-21(9-7-18)34-17-22-15-23(32-35-22)20-4-2-1-3-5-20/h1-10,12,15,19H,11,13-14,16-17H2/t19-/m1/s1. The number of benzene rings is 2. The van der Waals surface area contributed by atoms with Gasteiger partial charge in [0.1, 0.15) is 23.7 Å². The highest BCUT2D eigenvalue weighted by molar-refractivity contribution is 5.58. The van der Waals surface area contributed by atoms with Gasteiger partial charge in [-0.1, -0.05) is 47.6 Å². The zero-order chi connectivity index (χ0) is 24.3. The number of rotatable bonds is 7. The molecule has 0 unspecified atom stereocenters. The van der Waals surface area contributed by atoms with Gasteiger partial charge in [-0.3, -0.25) is 0 Å². The molecule has 35 heavy (non-hydrogen) atoms. The van der Waals surface area contributed by atoms with E-state index in [1.165, 1.54) is 6.20 Å². The molecule has 0 amide bonds. The van der Waals surface area contributed by atoms with Crippen LogP contribution in [0, 0.1) is 5.92 Å². The van der Waals surface area contributed by atoms with Crippen molar-refractivity contribution in [1.82, 2.24) is 15.1 Å². The predicted octanol–water partition coefficient (Wildman–Crippen LogP) is 5.80. The van der Waals surface area contributed by atoms with E-state index in [2.05, 4.69) is 15.1 Å². The summed E-state index contributed by atoms with van der Waals surface area (Å²) in [5, 5.41) is 4.09. The van der Waals surface area contributed by atoms with Crippen LogP contribution in [0.3, 0.4) is 0 Å². The van der Waals surface area contributed by atoms with Crippen molar-refractivity contribution in [3.8, 4) is 17.0 Å². The molecular formula is C26H23F3N4O2. The Labute approximate surface area is 200 Å². The number of alkyl halides is 3. The van der Waals surface area contributed by atoms with E-state index in [0.29, 0.717) is 24.8 Å². The number of anilines is 1. The highest BCUT2D eigenvalue weighted by atomic mass is 19.4. The number of halogens is 3. The molecule has 1 saturated heterocycles. The largest absolute Gasteiger partial charge is 0.486 e. The third-order valence-electron chi connectivity index (χ3n) is 5.96. The van der Waals surface area contributed by atoms with Gasteiger partial charge >= 0.3 is 6.18 Å². The van der Waals surface area contributed by atoms with Crippen molar-refractivity contribution in [2.75, 3.05) is 18.0 Å². The molecule has 180 valence electrons. The molecule has 1 fully saturated rings. The summed E-state index contributed by atoms with van der Waals surface area (Å²) in [5.74, 6) is 1.80. The van der Waals surface area contributed by atoms with Crippen molar-refractivity contribution < 1.29 is 22.4 Å². The molecular weight excluding hydrogens is 457 g/mol. The van der Waals surface area contributed by atoms with Crippen LogP contribution in [-0.4, -0.2) is 28.2 Å². The van der Waals surface area contributed by atoms with Crippen LogP contribution >= 0.6 is 0 Å². The highest BCUT2D eigenvalue weighted by Crippen LogP contribution is 2.30. The minimum absolute atomic E-state index is 0.133. The number of hydrogen-bond acceptors (Lipinski definition) is 6. The van der Waals surface area contributed by atoms with Crippen molar-refractivity contribution >= 4 is 5.95 Å². The lowest BCUT2D eigenvalue weighted by molar-refractivity contribution is -0.141. The summed E-state index contributed by atoms with van der Waals surface area (Å²) in [4.78, 5) is 9.56. The minimum Gasteiger partial charge on any atom is -0.486 e. The normalized spacial score (nSPS) is 16.0. The smallest absolute Gasteiger partial charge is 0.433 e. The monoisotopic (exact) mass is 480 g/mol. The second-order valence-corrected chi connectivity index (χ2v) is 8.52. The van der Waals surface area contributed by atoms with Gasteiger partial charge < -0.3 is 14.2 Å². The molecule has 0 spiro atoms. The molecule has 0 aliphatic carbocycles. The van der Waals surface area contributed by atoms with Crippen LogP contribution in [0.25, 0.3) is 11.3 Å². The maximum atomic E-state index is 12.9. The third kappa shape index (κ3) is 5.62. The topological polar surface area (TPSA) is 64.3 Å². The van der Waals surface area contributed by atoms with Crippen molar-refractivity contribution in [1.29, 1.82) is 0 Å². The van der Waals surface area contributed by atoms with E-state index in [9.17, 15) is 13.2 Å². The van der Waals surface area contributed by atoms with Crippen LogP contribution in [0.5, 0.6) is 5.75 Å². The minimum atomic E-state index is -4.47. The molecule has 0 N–H and O–H groups in total. The lowest BCUT2D eigenvalue weighted by Crippen LogP contribution is -2.23. The van der Waals surface area contributed by atoms with Gasteiger partial charge in [-0.25, -0.2) is 9.97 Å². The molecule has 0 bridgehead atoms. The number of nitrogens with zero attached hydrogens (tertiary/aromatic N) is 4. The van der Waals surface area contributed by atoms with E-state index in [0.717, 1.165) is 41.5 Å². The Bertz CT molecular complexity index is 1260. The Hall–Kier alpha value is -3.88. The van der Waals surface area contributed by atoms with Crippen LogP contribution < -0.4 is 9.64 Å². The van der Waals surface area contributed by atoms with E-state index < -0.39 is 11.9 Å². The highest BCUT2D eigenvalue weighted by Gasteiger charge is 2.34. The molecule has 9 heteroatoms. The van der Waals surface area contributed by atoms with Gasteiger partial charge in [0.25, 0.3) is 0 Å². The maximum absolute atomic E-state index is 12.9. The van der Waals surface area contributed by atoms with E-state index in [4.69, 9.17) is 9.26 Å². The fourth-order valence-corrected chi connectivity index (χ4v) is 4.18. The first-order valence-corrected chi connectivity index (χ1v) is 11.3. The van der Waals surface area contributed by atoms with E-state index in [1.807, 2.05) is 65.6 Å². The van der Waals surface area contributed by atoms with Crippen LogP contribution in [0.2, 0.25) is 0 Å². The summed E-state index contributed by atoms with van der Waals surface area (Å²) >= 11 is 0. The average Bonchev–Trinajstić information content (AvgIpc) is 3.54. The molecule has 1 aliphatic heterocycles. The van der Waals surface area contributed by atoms with Crippen LogP contribution in [0.15, 0.2) is 77.4 Å². The fourth-order valence-electron chi connectivity index (χ4n) is 4.18. The van der Waals surface area contributed by atoms with Crippen LogP contribution in [0.1, 0.15) is 23.4 Å². The summed E-state index contributed by atoms with van der Waals surface area (Å²) < 4.78 is 50.0. The summed E-state index contributed by atoms with van der Waals surface area (Å²) in [7, 11) is 0. The average molecular weight is 480 g/mol. The third-order valence-corrected chi connectivity index (χ3v) is 5.96. The van der Waals surface area contributed by atoms with Crippen LogP contribution in [-0.2, 0) is 19.2 Å². The Kier molecular flexibility index (Phi) is 6.39. The Balaban J connectivity index is 1.13. The molecule has 1 aliphatic rings.